The number of aromatic nitrogens is 3. The second kappa shape index (κ2) is 7.62. The number of carbonyl (C=O) groups excluding carboxylic acids is 1. The van der Waals surface area contributed by atoms with Gasteiger partial charge in [-0.2, -0.15) is 5.10 Å². The maximum absolute atomic E-state index is 12.9. The van der Waals surface area contributed by atoms with Crippen molar-refractivity contribution in [3.63, 3.8) is 0 Å². The van der Waals surface area contributed by atoms with Crippen LogP contribution in [0.3, 0.4) is 0 Å². The van der Waals surface area contributed by atoms with Crippen LogP contribution in [0.2, 0.25) is 0 Å². The van der Waals surface area contributed by atoms with Crippen molar-refractivity contribution >= 4 is 22.2 Å². The van der Waals surface area contributed by atoms with Gasteiger partial charge in [-0.15, -0.1) is 0 Å². The van der Waals surface area contributed by atoms with Crippen LogP contribution < -0.4 is 0 Å². The molecule has 0 N–H and O–H groups in total. The summed E-state index contributed by atoms with van der Waals surface area (Å²) < 4.78 is 7.22. The molecule has 0 spiro atoms. The van der Waals surface area contributed by atoms with Crippen LogP contribution in [-0.4, -0.2) is 75.7 Å². The highest BCUT2D eigenvalue weighted by atomic mass is 32.1. The summed E-state index contributed by atoms with van der Waals surface area (Å²) in [6, 6.07) is 8.35. The molecule has 4 heterocycles. The fourth-order valence-corrected chi connectivity index (χ4v) is 4.72. The summed E-state index contributed by atoms with van der Waals surface area (Å²) in [5, 5.41) is 4.21. The number of amides is 1. The summed E-state index contributed by atoms with van der Waals surface area (Å²) in [4.78, 5) is 22.8. The van der Waals surface area contributed by atoms with E-state index in [1.807, 2.05) is 35.4 Å². The van der Waals surface area contributed by atoms with Crippen molar-refractivity contribution in [1.82, 2.24) is 24.4 Å². The van der Waals surface area contributed by atoms with Crippen LogP contribution in [-0.2, 0) is 4.74 Å². The zero-order valence-electron chi connectivity index (χ0n) is 15.7. The summed E-state index contributed by atoms with van der Waals surface area (Å²) in [6.45, 7) is 5.34. The van der Waals surface area contributed by atoms with Gasteiger partial charge in [-0.25, -0.2) is 9.50 Å². The summed E-state index contributed by atoms with van der Waals surface area (Å²) >= 11 is 1.51. The molecular formula is C20H23N5O2S. The van der Waals surface area contributed by atoms with Crippen LogP contribution in [0.15, 0.2) is 36.0 Å². The van der Waals surface area contributed by atoms with Gasteiger partial charge in [-0.05, 0) is 25.0 Å². The molecule has 5 rings (SSSR count). The van der Waals surface area contributed by atoms with Gasteiger partial charge in [0.05, 0.1) is 25.1 Å². The van der Waals surface area contributed by atoms with Gasteiger partial charge in [0.2, 0.25) is 4.96 Å². The van der Waals surface area contributed by atoms with E-state index in [4.69, 9.17) is 4.74 Å². The van der Waals surface area contributed by atoms with E-state index in [-0.39, 0.29) is 5.91 Å². The first-order valence-electron chi connectivity index (χ1n) is 9.78. The zero-order chi connectivity index (χ0) is 18.9. The number of morpholine rings is 1. The molecule has 1 aromatic carbocycles. The highest BCUT2D eigenvalue weighted by Crippen LogP contribution is 2.23. The minimum absolute atomic E-state index is 0.125. The van der Waals surface area contributed by atoms with E-state index in [1.54, 1.807) is 10.0 Å². The van der Waals surface area contributed by atoms with Crippen molar-refractivity contribution in [2.75, 3.05) is 39.4 Å². The lowest BCUT2D eigenvalue weighted by atomic mass is 10.0. The lowest BCUT2D eigenvalue weighted by Crippen LogP contribution is -2.50. The highest BCUT2D eigenvalue weighted by molar-refractivity contribution is 7.14. The lowest BCUT2D eigenvalue weighted by Gasteiger charge is -2.40. The maximum atomic E-state index is 12.9. The molecule has 7 nitrogen and oxygen atoms in total. The third-order valence-corrected chi connectivity index (χ3v) is 6.42. The lowest BCUT2D eigenvalue weighted by molar-refractivity contribution is 0.00159. The third-order valence-electron chi connectivity index (χ3n) is 5.73. The van der Waals surface area contributed by atoms with Crippen LogP contribution in [0.25, 0.3) is 16.2 Å². The Morgan fingerprint density at radius 2 is 1.82 bits per heavy atom. The van der Waals surface area contributed by atoms with Crippen molar-refractivity contribution in [3.05, 3.63) is 41.5 Å². The smallest absolute Gasteiger partial charge is 0.253 e. The number of imidazole rings is 1. The Morgan fingerprint density at radius 1 is 1.07 bits per heavy atom. The van der Waals surface area contributed by atoms with Gasteiger partial charge in [-0.1, -0.05) is 23.5 Å². The number of ether oxygens (including phenoxy) is 1. The molecule has 8 heteroatoms. The molecular weight excluding hydrogens is 374 g/mol. The predicted molar refractivity (Wildman–Crippen MR) is 108 cm³/mol. The monoisotopic (exact) mass is 397 g/mol. The van der Waals surface area contributed by atoms with E-state index in [1.165, 1.54) is 11.3 Å². The Balaban J connectivity index is 1.22. The summed E-state index contributed by atoms with van der Waals surface area (Å²) in [5.41, 5.74) is 4.40. The van der Waals surface area contributed by atoms with Crippen molar-refractivity contribution in [3.8, 4) is 11.3 Å². The molecule has 2 aliphatic rings. The van der Waals surface area contributed by atoms with Crippen LogP contribution >= 0.6 is 11.3 Å². The zero-order valence-corrected chi connectivity index (χ0v) is 16.5. The van der Waals surface area contributed by atoms with Gasteiger partial charge >= 0.3 is 0 Å². The number of carbonyl (C=O) groups is 1. The van der Waals surface area contributed by atoms with Gasteiger partial charge in [0, 0.05) is 43.3 Å². The number of likely N-dealkylation sites (tertiary alicyclic amines) is 1. The van der Waals surface area contributed by atoms with Crippen LogP contribution in [0.1, 0.15) is 23.2 Å². The number of nitrogens with zero attached hydrogens (tertiary/aromatic N) is 5. The maximum Gasteiger partial charge on any atom is 0.253 e. The average Bonchev–Trinajstić information content (AvgIpc) is 3.37. The van der Waals surface area contributed by atoms with Gasteiger partial charge in [-0.3, -0.25) is 9.69 Å². The molecule has 0 saturated carbocycles. The fourth-order valence-electron chi connectivity index (χ4n) is 4.12. The minimum atomic E-state index is 0.125. The van der Waals surface area contributed by atoms with E-state index in [9.17, 15) is 4.79 Å². The van der Waals surface area contributed by atoms with E-state index in [0.29, 0.717) is 6.04 Å². The first-order chi connectivity index (χ1) is 13.8. The first kappa shape index (κ1) is 17.8. The fraction of sp³-hybridized carbons (Fsp3) is 0.450. The molecule has 1 amide bonds. The molecule has 0 unspecified atom stereocenters. The number of fused-ring (bicyclic) bond motifs is 1. The molecule has 2 aliphatic heterocycles. The SMILES string of the molecule is O=C(c1ccc(-c2cn3ncsc3n2)cc1)N1CCC(N2CCOCC2)CC1. The van der Waals surface area contributed by atoms with Crippen molar-refractivity contribution in [1.29, 1.82) is 0 Å². The van der Waals surface area contributed by atoms with Crippen LogP contribution in [0, 0.1) is 0 Å². The Kier molecular flexibility index (Phi) is 4.84. The number of hydrogen-bond acceptors (Lipinski definition) is 6. The Labute approximate surface area is 167 Å². The number of benzene rings is 1. The topological polar surface area (TPSA) is 63.0 Å². The molecule has 3 aromatic rings. The minimum Gasteiger partial charge on any atom is -0.379 e. The summed E-state index contributed by atoms with van der Waals surface area (Å²) in [6.07, 6.45) is 4.00. The second-order valence-electron chi connectivity index (χ2n) is 7.34. The van der Waals surface area contributed by atoms with Crippen LogP contribution in [0.4, 0.5) is 0 Å². The van der Waals surface area contributed by atoms with E-state index in [0.717, 1.165) is 74.0 Å². The average molecular weight is 398 g/mol. The van der Waals surface area contributed by atoms with Crippen LogP contribution in [0.5, 0.6) is 0 Å². The molecule has 0 atom stereocenters. The molecule has 2 saturated heterocycles. The number of hydrogen-bond donors (Lipinski definition) is 0. The third kappa shape index (κ3) is 3.43. The Hall–Kier alpha value is -2.29. The predicted octanol–water partition coefficient (Wildman–Crippen LogP) is 2.39. The van der Waals surface area contributed by atoms with Gasteiger partial charge in [0.1, 0.15) is 5.51 Å². The number of rotatable bonds is 3. The quantitative estimate of drug-likeness (QED) is 0.679. The molecule has 0 aliphatic carbocycles. The van der Waals surface area contributed by atoms with Crippen molar-refractivity contribution in [2.45, 2.75) is 18.9 Å². The molecule has 0 radical (unpaired) electrons. The van der Waals surface area contributed by atoms with Gasteiger partial charge in [0.25, 0.3) is 5.91 Å². The Bertz CT molecular complexity index is 924. The second-order valence-corrected chi connectivity index (χ2v) is 8.15. The summed E-state index contributed by atoms with van der Waals surface area (Å²) in [7, 11) is 0. The van der Waals surface area contributed by atoms with E-state index >= 15 is 0 Å². The van der Waals surface area contributed by atoms with Gasteiger partial charge in [0.15, 0.2) is 0 Å². The first-order valence-corrected chi connectivity index (χ1v) is 10.7. The molecule has 28 heavy (non-hydrogen) atoms. The Morgan fingerprint density at radius 3 is 2.54 bits per heavy atom. The van der Waals surface area contributed by atoms with Gasteiger partial charge < -0.3 is 9.64 Å². The molecule has 2 fully saturated rings. The highest BCUT2D eigenvalue weighted by Gasteiger charge is 2.28. The normalized spacial score (nSPS) is 19.4. The summed E-state index contributed by atoms with van der Waals surface area (Å²) in [5.74, 6) is 0.125. The molecule has 2 aromatic heterocycles. The van der Waals surface area contributed by atoms with Crippen molar-refractivity contribution in [2.24, 2.45) is 0 Å². The van der Waals surface area contributed by atoms with E-state index in [2.05, 4.69) is 15.0 Å². The standard InChI is InChI=1S/C20H23N5O2S/c26-19(24-7-5-17(6-8-24)23-9-11-27-12-10-23)16-3-1-15(2-4-16)18-13-25-20(22-18)28-14-21-25/h1-4,13-14,17H,5-12H2. The molecule has 0 bridgehead atoms. The van der Waals surface area contributed by atoms with Crippen molar-refractivity contribution < 1.29 is 9.53 Å². The number of piperidine rings is 1. The molecule has 146 valence electrons. The largest absolute Gasteiger partial charge is 0.379 e. The van der Waals surface area contributed by atoms with E-state index < -0.39 is 0 Å².